The van der Waals surface area contributed by atoms with Crippen molar-refractivity contribution in [2.24, 2.45) is 0 Å². The fourth-order valence-electron chi connectivity index (χ4n) is 1.07. The van der Waals surface area contributed by atoms with E-state index in [0.29, 0.717) is 0 Å². The molecule has 6 heteroatoms. The molecule has 0 radical (unpaired) electrons. The Bertz CT molecular complexity index is 516. The smallest absolute Gasteiger partial charge is 0.324 e. The molecule has 0 atom stereocenters. The van der Waals surface area contributed by atoms with Crippen LogP contribution in [0.5, 0.6) is 5.75 Å². The molecule has 0 aliphatic heterocycles. The lowest BCUT2D eigenvalue weighted by atomic mass is 10.2. The van der Waals surface area contributed by atoms with Crippen LogP contribution < -0.4 is 0 Å². The van der Waals surface area contributed by atoms with E-state index in [1.807, 2.05) is 0 Å². The zero-order valence-electron chi connectivity index (χ0n) is 8.84. The summed E-state index contributed by atoms with van der Waals surface area (Å²) in [6.07, 6.45) is 0. The summed E-state index contributed by atoms with van der Waals surface area (Å²) in [7, 11) is -4.12. The minimum absolute atomic E-state index is 0.373. The summed E-state index contributed by atoms with van der Waals surface area (Å²) in [5.74, 6) is -1.91. The fourth-order valence-corrected chi connectivity index (χ4v) is 2.46. The van der Waals surface area contributed by atoms with E-state index in [-0.39, 0.29) is 4.90 Å². The predicted octanol–water partition coefficient (Wildman–Crippen LogP) is 1.03. The molecule has 0 saturated carbocycles. The van der Waals surface area contributed by atoms with Gasteiger partial charge in [-0.1, -0.05) is 12.1 Å². The molecule has 0 fully saturated rings. The molecule has 1 aromatic rings. The summed E-state index contributed by atoms with van der Waals surface area (Å²) in [5.41, 5.74) is 0. The van der Waals surface area contributed by atoms with Gasteiger partial charge in [0.1, 0.15) is 10.6 Å². The molecule has 0 aliphatic carbocycles. The Morgan fingerprint density at radius 2 is 1.75 bits per heavy atom. The average molecular weight is 244 g/mol. The van der Waals surface area contributed by atoms with Gasteiger partial charge in [-0.05, 0) is 26.0 Å². The van der Waals surface area contributed by atoms with Crippen molar-refractivity contribution in [3.05, 3.63) is 24.3 Å². The number of rotatable bonds is 3. The number of carboxylic acids is 1. The first kappa shape index (κ1) is 12.5. The molecule has 5 nitrogen and oxygen atoms in total. The monoisotopic (exact) mass is 244 g/mol. The number of para-hydroxylation sites is 1. The van der Waals surface area contributed by atoms with E-state index in [4.69, 9.17) is 5.11 Å². The van der Waals surface area contributed by atoms with E-state index in [2.05, 4.69) is 0 Å². The topological polar surface area (TPSA) is 91.7 Å². The van der Waals surface area contributed by atoms with Crippen LogP contribution in [0.4, 0.5) is 0 Å². The lowest BCUT2D eigenvalue weighted by Gasteiger charge is -2.20. The van der Waals surface area contributed by atoms with Gasteiger partial charge in [0.2, 0.25) is 0 Å². The molecule has 0 saturated heterocycles. The molecule has 0 aromatic heterocycles. The van der Waals surface area contributed by atoms with Crippen molar-refractivity contribution in [1.82, 2.24) is 0 Å². The van der Waals surface area contributed by atoms with Gasteiger partial charge in [0.15, 0.2) is 14.6 Å². The first-order chi connectivity index (χ1) is 7.21. The molecule has 0 aliphatic rings. The molecule has 0 spiro atoms. The number of sulfone groups is 1. The third-order valence-electron chi connectivity index (χ3n) is 2.34. The van der Waals surface area contributed by atoms with Crippen LogP contribution in [0.2, 0.25) is 0 Å². The molecular weight excluding hydrogens is 232 g/mol. The SMILES string of the molecule is CC(C)(C(=O)O)S(=O)(=O)c1ccccc1O. The quantitative estimate of drug-likeness (QED) is 0.828. The molecular formula is C10H12O5S. The number of carboxylic acid groups (broad SMARTS) is 1. The lowest BCUT2D eigenvalue weighted by molar-refractivity contribution is -0.139. The van der Waals surface area contributed by atoms with Gasteiger partial charge in [-0.2, -0.15) is 0 Å². The fraction of sp³-hybridized carbons (Fsp3) is 0.300. The van der Waals surface area contributed by atoms with Gasteiger partial charge < -0.3 is 10.2 Å². The Labute approximate surface area is 93.3 Å². The van der Waals surface area contributed by atoms with Crippen molar-refractivity contribution in [3.63, 3.8) is 0 Å². The minimum atomic E-state index is -4.12. The van der Waals surface area contributed by atoms with Crippen molar-refractivity contribution in [2.45, 2.75) is 23.5 Å². The number of phenolic OH excluding ortho intramolecular Hbond substituents is 1. The second-order valence-corrected chi connectivity index (χ2v) is 6.25. The van der Waals surface area contributed by atoms with Gasteiger partial charge in [0.05, 0.1) is 0 Å². The van der Waals surface area contributed by atoms with E-state index in [1.54, 1.807) is 0 Å². The van der Waals surface area contributed by atoms with Crippen LogP contribution in [0, 0.1) is 0 Å². The second-order valence-electron chi connectivity index (χ2n) is 3.79. The maximum Gasteiger partial charge on any atom is 0.324 e. The summed E-state index contributed by atoms with van der Waals surface area (Å²) in [6.45, 7) is 2.16. The number of hydrogen-bond donors (Lipinski definition) is 2. The predicted molar refractivity (Wildman–Crippen MR) is 57.0 cm³/mol. The molecule has 2 N–H and O–H groups in total. The highest BCUT2D eigenvalue weighted by Crippen LogP contribution is 2.31. The van der Waals surface area contributed by atoms with Crippen LogP contribution in [0.25, 0.3) is 0 Å². The van der Waals surface area contributed by atoms with E-state index >= 15 is 0 Å². The summed E-state index contributed by atoms with van der Waals surface area (Å²) in [5, 5.41) is 18.3. The molecule has 1 rings (SSSR count). The molecule has 16 heavy (non-hydrogen) atoms. The third kappa shape index (κ3) is 1.76. The van der Waals surface area contributed by atoms with E-state index in [1.165, 1.54) is 24.3 Å². The summed E-state index contributed by atoms with van der Waals surface area (Å²) >= 11 is 0. The zero-order valence-corrected chi connectivity index (χ0v) is 9.65. The Kier molecular flexibility index (Phi) is 2.96. The molecule has 0 heterocycles. The van der Waals surface area contributed by atoms with Gasteiger partial charge in [-0.15, -0.1) is 0 Å². The number of aromatic hydroxyl groups is 1. The van der Waals surface area contributed by atoms with Crippen LogP contribution in [0.3, 0.4) is 0 Å². The van der Waals surface area contributed by atoms with Crippen LogP contribution in [-0.4, -0.2) is 29.3 Å². The first-order valence-electron chi connectivity index (χ1n) is 4.47. The van der Waals surface area contributed by atoms with Gasteiger partial charge in [-0.3, -0.25) is 4.79 Å². The maximum absolute atomic E-state index is 12.0. The first-order valence-corrected chi connectivity index (χ1v) is 5.95. The molecule has 88 valence electrons. The number of aliphatic carboxylic acids is 1. The van der Waals surface area contributed by atoms with Gasteiger partial charge >= 0.3 is 5.97 Å². The van der Waals surface area contributed by atoms with Crippen LogP contribution in [0.15, 0.2) is 29.2 Å². The van der Waals surface area contributed by atoms with Gasteiger partial charge in [0.25, 0.3) is 0 Å². The second kappa shape index (κ2) is 3.79. The Hall–Kier alpha value is -1.56. The van der Waals surface area contributed by atoms with Crippen molar-refractivity contribution < 1.29 is 23.4 Å². The Morgan fingerprint density at radius 1 is 1.25 bits per heavy atom. The zero-order chi connectivity index (χ0) is 12.6. The minimum Gasteiger partial charge on any atom is -0.507 e. The van der Waals surface area contributed by atoms with Gasteiger partial charge in [0, 0.05) is 0 Å². The van der Waals surface area contributed by atoms with Crippen LogP contribution >= 0.6 is 0 Å². The van der Waals surface area contributed by atoms with Crippen molar-refractivity contribution in [1.29, 1.82) is 0 Å². The normalized spacial score (nSPS) is 12.4. The van der Waals surface area contributed by atoms with Crippen molar-refractivity contribution >= 4 is 15.8 Å². The summed E-state index contributed by atoms with van der Waals surface area (Å²) in [6, 6.07) is 5.26. The molecule has 0 bridgehead atoms. The lowest BCUT2D eigenvalue weighted by Crippen LogP contribution is -2.40. The Morgan fingerprint density at radius 3 is 2.19 bits per heavy atom. The molecule has 0 amide bonds. The highest BCUT2D eigenvalue weighted by atomic mass is 32.2. The standard InChI is InChI=1S/C10H12O5S/c1-10(2,9(12)13)16(14,15)8-6-4-3-5-7(8)11/h3-6,11H,1-2H3,(H,12,13). The van der Waals surface area contributed by atoms with E-state index < -0.39 is 26.3 Å². The largest absolute Gasteiger partial charge is 0.507 e. The van der Waals surface area contributed by atoms with Crippen molar-refractivity contribution in [3.8, 4) is 5.75 Å². The summed E-state index contributed by atoms with van der Waals surface area (Å²) in [4.78, 5) is 10.5. The van der Waals surface area contributed by atoms with E-state index in [9.17, 15) is 18.3 Å². The molecule has 1 aromatic carbocycles. The maximum atomic E-state index is 12.0. The van der Waals surface area contributed by atoms with Crippen LogP contribution in [0.1, 0.15) is 13.8 Å². The number of benzene rings is 1. The number of carbonyl (C=O) groups is 1. The highest BCUT2D eigenvalue weighted by Gasteiger charge is 2.44. The third-order valence-corrected chi connectivity index (χ3v) is 4.78. The highest BCUT2D eigenvalue weighted by molar-refractivity contribution is 7.93. The van der Waals surface area contributed by atoms with Crippen LogP contribution in [-0.2, 0) is 14.6 Å². The average Bonchev–Trinajstić information content (AvgIpc) is 2.17. The number of hydrogen-bond acceptors (Lipinski definition) is 4. The number of phenols is 1. The molecule has 0 unspecified atom stereocenters. The van der Waals surface area contributed by atoms with Crippen molar-refractivity contribution in [2.75, 3.05) is 0 Å². The van der Waals surface area contributed by atoms with E-state index in [0.717, 1.165) is 13.8 Å². The van der Waals surface area contributed by atoms with Gasteiger partial charge in [-0.25, -0.2) is 8.42 Å². The summed E-state index contributed by atoms with van der Waals surface area (Å²) < 4.78 is 22.0. The Balaban J connectivity index is 3.45.